The Labute approximate surface area is 205 Å². The lowest BCUT2D eigenvalue weighted by molar-refractivity contribution is -0.384. The molecule has 1 aliphatic heterocycles. The van der Waals surface area contributed by atoms with E-state index in [1.165, 1.54) is 42.5 Å². The van der Waals surface area contributed by atoms with Gasteiger partial charge in [-0.25, -0.2) is 9.69 Å². The molecule has 0 bridgehead atoms. The van der Waals surface area contributed by atoms with Crippen molar-refractivity contribution in [2.45, 2.75) is 0 Å². The van der Waals surface area contributed by atoms with E-state index < -0.39 is 22.7 Å². The zero-order chi connectivity index (χ0) is 24.0. The van der Waals surface area contributed by atoms with Crippen LogP contribution in [0.3, 0.4) is 0 Å². The van der Waals surface area contributed by atoms with Crippen LogP contribution in [0.4, 0.5) is 11.4 Å². The second-order valence-electron chi connectivity index (χ2n) is 6.62. The van der Waals surface area contributed by atoms with Gasteiger partial charge in [0.1, 0.15) is 0 Å². The molecular weight excluding hydrogens is 518 g/mol. The van der Waals surface area contributed by atoms with Crippen LogP contribution in [-0.2, 0) is 0 Å². The van der Waals surface area contributed by atoms with Crippen LogP contribution in [0.2, 0.25) is 20.1 Å². The van der Waals surface area contributed by atoms with Gasteiger partial charge < -0.3 is 4.74 Å². The van der Waals surface area contributed by atoms with E-state index in [2.05, 4.69) is 0 Å². The van der Waals surface area contributed by atoms with Crippen LogP contribution in [0.1, 0.15) is 31.1 Å². The average Bonchev–Trinajstić information content (AvgIpc) is 3.06. The average molecular weight is 526 g/mol. The molecule has 33 heavy (non-hydrogen) atoms. The lowest BCUT2D eigenvalue weighted by atomic mass is 10.1. The Kier molecular flexibility index (Phi) is 6.02. The topological polar surface area (TPSA) is 107 Å². The summed E-state index contributed by atoms with van der Waals surface area (Å²) in [5.41, 5.74) is -0.967. The van der Waals surface area contributed by atoms with Crippen LogP contribution >= 0.6 is 46.4 Å². The van der Waals surface area contributed by atoms with Gasteiger partial charge in [-0.05, 0) is 18.2 Å². The molecule has 4 rings (SSSR count). The summed E-state index contributed by atoms with van der Waals surface area (Å²) in [6.07, 6.45) is 0. The highest BCUT2D eigenvalue weighted by Crippen LogP contribution is 2.46. The molecule has 0 fully saturated rings. The van der Waals surface area contributed by atoms with Crippen molar-refractivity contribution in [3.8, 4) is 5.75 Å². The summed E-state index contributed by atoms with van der Waals surface area (Å²) in [4.78, 5) is 49.9. The van der Waals surface area contributed by atoms with Gasteiger partial charge in [0, 0.05) is 12.1 Å². The van der Waals surface area contributed by atoms with Crippen LogP contribution in [0.25, 0.3) is 0 Å². The van der Waals surface area contributed by atoms with Gasteiger partial charge in [-0.2, -0.15) is 0 Å². The minimum absolute atomic E-state index is 0.0816. The first-order valence-electron chi connectivity index (χ1n) is 8.93. The molecule has 0 spiro atoms. The van der Waals surface area contributed by atoms with Crippen LogP contribution in [-0.4, -0.2) is 22.7 Å². The molecule has 1 aliphatic rings. The quantitative estimate of drug-likeness (QED) is 0.0760. The number of fused-ring (bicyclic) bond motifs is 1. The maximum atomic E-state index is 13.1. The summed E-state index contributed by atoms with van der Waals surface area (Å²) >= 11 is 24.4. The Bertz CT molecular complexity index is 1340. The number of nitro groups is 1. The number of amides is 2. The number of imide groups is 1. The molecule has 1 heterocycles. The standard InChI is InChI=1S/C21H8Cl4N2O6/c22-15-13-14(16(23)18(25)17(15)24)20(29)26(19(13)28)11-6-1-2-7-12(11)33-21(30)9-4-3-5-10(8-9)27(31)32/h1-8H. The molecule has 0 aromatic heterocycles. The van der Waals surface area contributed by atoms with Crippen molar-refractivity contribution in [2.75, 3.05) is 4.90 Å². The number of rotatable bonds is 4. The smallest absolute Gasteiger partial charge is 0.343 e. The van der Waals surface area contributed by atoms with E-state index in [4.69, 9.17) is 51.1 Å². The van der Waals surface area contributed by atoms with E-state index in [-0.39, 0.29) is 53.9 Å². The highest BCUT2D eigenvalue weighted by molar-refractivity contribution is 6.56. The number of hydrogen-bond donors (Lipinski definition) is 0. The van der Waals surface area contributed by atoms with E-state index in [9.17, 15) is 24.5 Å². The molecule has 166 valence electrons. The molecule has 8 nitrogen and oxygen atoms in total. The Balaban J connectivity index is 1.75. The molecule has 3 aromatic rings. The summed E-state index contributed by atoms with van der Waals surface area (Å²) in [6, 6.07) is 10.6. The van der Waals surface area contributed by atoms with E-state index in [0.29, 0.717) is 0 Å². The summed E-state index contributed by atoms with van der Waals surface area (Å²) in [5, 5.41) is 10.1. The minimum Gasteiger partial charge on any atom is -0.421 e. The molecule has 0 atom stereocenters. The SMILES string of the molecule is O=C(Oc1ccccc1N1C(=O)c2c(Cl)c(Cl)c(Cl)c(Cl)c2C1=O)c1cccc([N+](=O)[O-])c1. The second-order valence-corrected chi connectivity index (χ2v) is 8.13. The largest absolute Gasteiger partial charge is 0.421 e. The number of non-ortho nitro benzene ring substituents is 1. The van der Waals surface area contributed by atoms with E-state index >= 15 is 0 Å². The molecular formula is C21H8Cl4N2O6. The number of carbonyl (C=O) groups excluding carboxylic acids is 3. The van der Waals surface area contributed by atoms with Crippen molar-refractivity contribution in [1.29, 1.82) is 0 Å². The van der Waals surface area contributed by atoms with Crippen molar-refractivity contribution in [3.05, 3.63) is 95.4 Å². The first-order chi connectivity index (χ1) is 15.6. The fourth-order valence-electron chi connectivity index (χ4n) is 3.20. The third kappa shape index (κ3) is 3.81. The number of halogens is 4. The highest BCUT2D eigenvalue weighted by Gasteiger charge is 2.43. The maximum absolute atomic E-state index is 13.1. The first kappa shape index (κ1) is 23.0. The van der Waals surface area contributed by atoms with Crippen molar-refractivity contribution in [2.24, 2.45) is 0 Å². The fourth-order valence-corrected chi connectivity index (χ4v) is 4.22. The van der Waals surface area contributed by atoms with Gasteiger partial charge >= 0.3 is 5.97 Å². The number of hydrogen-bond acceptors (Lipinski definition) is 6. The molecule has 0 aliphatic carbocycles. The fraction of sp³-hybridized carbons (Fsp3) is 0. The van der Waals surface area contributed by atoms with Crippen LogP contribution in [0.15, 0.2) is 48.5 Å². The Hall–Kier alpha value is -3.17. The Morgan fingerprint density at radius 3 is 2.00 bits per heavy atom. The van der Waals surface area contributed by atoms with Crippen molar-refractivity contribution < 1.29 is 24.0 Å². The lowest BCUT2D eigenvalue weighted by Crippen LogP contribution is -2.30. The number of para-hydroxylation sites is 2. The van der Waals surface area contributed by atoms with Crippen LogP contribution in [0, 0.1) is 10.1 Å². The van der Waals surface area contributed by atoms with Gasteiger partial charge in [-0.1, -0.05) is 64.6 Å². The van der Waals surface area contributed by atoms with Gasteiger partial charge in [-0.3, -0.25) is 19.7 Å². The molecule has 0 saturated carbocycles. The molecule has 0 N–H and O–H groups in total. The summed E-state index contributed by atoms with van der Waals surface area (Å²) < 4.78 is 5.36. The highest BCUT2D eigenvalue weighted by atomic mass is 35.5. The molecule has 12 heteroatoms. The Morgan fingerprint density at radius 1 is 0.848 bits per heavy atom. The van der Waals surface area contributed by atoms with Crippen molar-refractivity contribution in [3.63, 3.8) is 0 Å². The zero-order valence-electron chi connectivity index (χ0n) is 16.0. The normalized spacial score (nSPS) is 12.7. The monoisotopic (exact) mass is 524 g/mol. The van der Waals surface area contributed by atoms with Gasteiger partial charge in [0.05, 0.1) is 47.4 Å². The van der Waals surface area contributed by atoms with Crippen LogP contribution in [0.5, 0.6) is 5.75 Å². The second kappa shape index (κ2) is 8.64. The zero-order valence-corrected chi connectivity index (χ0v) is 19.0. The third-order valence-electron chi connectivity index (χ3n) is 4.70. The molecule has 3 aromatic carbocycles. The van der Waals surface area contributed by atoms with E-state index in [1.807, 2.05) is 0 Å². The number of ether oxygens (including phenoxy) is 1. The number of nitro benzene ring substituents is 1. The number of benzene rings is 3. The first-order valence-corrected chi connectivity index (χ1v) is 10.4. The summed E-state index contributed by atoms with van der Waals surface area (Å²) in [7, 11) is 0. The number of anilines is 1. The number of carbonyl (C=O) groups is 3. The van der Waals surface area contributed by atoms with Crippen LogP contribution < -0.4 is 9.64 Å². The maximum Gasteiger partial charge on any atom is 0.343 e. The summed E-state index contributed by atoms with van der Waals surface area (Å²) in [5.74, 6) is -2.79. The molecule has 2 amide bonds. The predicted molar refractivity (Wildman–Crippen MR) is 122 cm³/mol. The predicted octanol–water partition coefficient (Wildman–Crippen LogP) is 6.23. The molecule has 0 saturated heterocycles. The minimum atomic E-state index is -0.940. The van der Waals surface area contributed by atoms with E-state index in [1.54, 1.807) is 0 Å². The van der Waals surface area contributed by atoms with Crippen molar-refractivity contribution in [1.82, 2.24) is 0 Å². The Morgan fingerprint density at radius 2 is 1.42 bits per heavy atom. The number of esters is 1. The molecule has 0 radical (unpaired) electrons. The van der Waals surface area contributed by atoms with Crippen molar-refractivity contribution >= 4 is 75.6 Å². The molecule has 0 unspecified atom stereocenters. The van der Waals surface area contributed by atoms with Gasteiger partial charge in [0.25, 0.3) is 17.5 Å². The lowest BCUT2D eigenvalue weighted by Gasteiger charge is -2.17. The summed E-state index contributed by atoms with van der Waals surface area (Å²) in [6.45, 7) is 0. The third-order valence-corrected chi connectivity index (χ3v) is 6.50. The van der Waals surface area contributed by atoms with E-state index in [0.717, 1.165) is 11.0 Å². The van der Waals surface area contributed by atoms with Gasteiger partial charge in [0.15, 0.2) is 5.75 Å². The number of nitrogens with zero attached hydrogens (tertiary/aromatic N) is 2. The van der Waals surface area contributed by atoms with Gasteiger partial charge in [-0.15, -0.1) is 0 Å². The van der Waals surface area contributed by atoms with Gasteiger partial charge in [0.2, 0.25) is 0 Å².